The zero-order valence-corrected chi connectivity index (χ0v) is 14.4. The summed E-state index contributed by atoms with van der Waals surface area (Å²) in [6.45, 7) is 5.87. The minimum atomic E-state index is -0.451. The number of aromatic nitrogens is 2. The number of nitrogens with zero attached hydrogens (tertiary/aromatic N) is 4. The maximum atomic E-state index is 10.2. The van der Waals surface area contributed by atoms with Gasteiger partial charge in [0.25, 0.3) is 0 Å². The summed E-state index contributed by atoms with van der Waals surface area (Å²) in [6, 6.07) is 10.0. The molecule has 0 spiro atoms. The topological polar surface area (TPSA) is 53.8 Å². The molecule has 0 saturated heterocycles. The summed E-state index contributed by atoms with van der Waals surface area (Å²) in [4.78, 5) is 4.47. The number of para-hydroxylation sites is 2. The zero-order chi connectivity index (χ0) is 16.9. The van der Waals surface area contributed by atoms with E-state index in [9.17, 15) is 5.11 Å². The largest absolute Gasteiger partial charge is 0.485 e. The molecule has 0 unspecified atom stereocenters. The Balaban J connectivity index is 1.54. The average Bonchev–Trinajstić information content (AvgIpc) is 3.06. The predicted octanol–water partition coefficient (Wildman–Crippen LogP) is 1.46. The van der Waals surface area contributed by atoms with E-state index < -0.39 is 6.10 Å². The van der Waals surface area contributed by atoms with Gasteiger partial charge >= 0.3 is 0 Å². The Morgan fingerprint density at radius 2 is 2.21 bits per heavy atom. The number of rotatable bonds is 7. The predicted molar refractivity (Wildman–Crippen MR) is 94.5 cm³/mol. The second-order valence-corrected chi connectivity index (χ2v) is 6.35. The van der Waals surface area contributed by atoms with E-state index >= 15 is 0 Å². The SMILES string of the molecule is CCN1C[C@H](CN(C)C[C@@H](O)Cn2cccn2)Oc2ccccc21. The van der Waals surface area contributed by atoms with Crippen LogP contribution in [-0.2, 0) is 6.54 Å². The maximum absolute atomic E-state index is 10.2. The summed E-state index contributed by atoms with van der Waals surface area (Å²) in [5.74, 6) is 0.945. The molecule has 0 amide bonds. The van der Waals surface area contributed by atoms with E-state index in [1.54, 1.807) is 10.9 Å². The number of ether oxygens (including phenoxy) is 1. The van der Waals surface area contributed by atoms with Gasteiger partial charge in [-0.1, -0.05) is 12.1 Å². The van der Waals surface area contributed by atoms with Gasteiger partial charge in [0.15, 0.2) is 0 Å². The van der Waals surface area contributed by atoms with Crippen LogP contribution in [0.5, 0.6) is 5.75 Å². The van der Waals surface area contributed by atoms with Crippen LogP contribution in [0.2, 0.25) is 0 Å². The molecule has 24 heavy (non-hydrogen) atoms. The molecule has 3 rings (SSSR count). The fourth-order valence-corrected chi connectivity index (χ4v) is 3.24. The number of fused-ring (bicyclic) bond motifs is 1. The van der Waals surface area contributed by atoms with Crippen molar-refractivity contribution in [3.63, 3.8) is 0 Å². The number of hydrogen-bond acceptors (Lipinski definition) is 5. The Bertz CT molecular complexity index is 632. The first-order valence-corrected chi connectivity index (χ1v) is 8.50. The first-order valence-electron chi connectivity index (χ1n) is 8.50. The number of aliphatic hydroxyl groups excluding tert-OH is 1. The van der Waals surface area contributed by atoms with Gasteiger partial charge in [-0.15, -0.1) is 0 Å². The van der Waals surface area contributed by atoms with Crippen LogP contribution < -0.4 is 9.64 Å². The summed E-state index contributed by atoms with van der Waals surface area (Å²) in [5.41, 5.74) is 1.16. The van der Waals surface area contributed by atoms with Gasteiger partial charge in [0.2, 0.25) is 0 Å². The lowest BCUT2D eigenvalue weighted by atomic mass is 10.1. The lowest BCUT2D eigenvalue weighted by molar-refractivity contribution is 0.0805. The molecule has 0 aliphatic carbocycles. The second kappa shape index (κ2) is 7.68. The number of anilines is 1. The Hall–Kier alpha value is -2.05. The van der Waals surface area contributed by atoms with Gasteiger partial charge < -0.3 is 14.7 Å². The van der Waals surface area contributed by atoms with E-state index in [0.717, 1.165) is 31.1 Å². The molecular weight excluding hydrogens is 304 g/mol. The molecular formula is C18H26N4O2. The van der Waals surface area contributed by atoms with E-state index in [2.05, 4.69) is 27.9 Å². The third-order valence-corrected chi connectivity index (χ3v) is 4.30. The summed E-state index contributed by atoms with van der Waals surface area (Å²) in [7, 11) is 2.02. The van der Waals surface area contributed by atoms with Crippen LogP contribution >= 0.6 is 0 Å². The highest BCUT2D eigenvalue weighted by molar-refractivity contribution is 5.60. The number of benzene rings is 1. The van der Waals surface area contributed by atoms with Crippen molar-refractivity contribution in [2.24, 2.45) is 0 Å². The minimum absolute atomic E-state index is 0.0988. The van der Waals surface area contributed by atoms with Crippen molar-refractivity contribution in [1.82, 2.24) is 14.7 Å². The van der Waals surface area contributed by atoms with Crippen molar-refractivity contribution >= 4 is 5.69 Å². The molecule has 6 nitrogen and oxygen atoms in total. The van der Waals surface area contributed by atoms with Crippen molar-refractivity contribution in [1.29, 1.82) is 0 Å². The quantitative estimate of drug-likeness (QED) is 0.833. The molecule has 2 atom stereocenters. The van der Waals surface area contributed by atoms with Crippen LogP contribution in [-0.4, -0.2) is 65.2 Å². The Morgan fingerprint density at radius 1 is 1.38 bits per heavy atom. The van der Waals surface area contributed by atoms with Crippen LogP contribution in [0.15, 0.2) is 42.7 Å². The third-order valence-electron chi connectivity index (χ3n) is 4.30. The van der Waals surface area contributed by atoms with Crippen molar-refractivity contribution in [3.8, 4) is 5.75 Å². The highest BCUT2D eigenvalue weighted by atomic mass is 16.5. The average molecular weight is 330 g/mol. The van der Waals surface area contributed by atoms with Gasteiger partial charge in [-0.2, -0.15) is 5.10 Å². The Morgan fingerprint density at radius 3 is 2.96 bits per heavy atom. The number of hydrogen-bond donors (Lipinski definition) is 1. The lowest BCUT2D eigenvalue weighted by Crippen LogP contribution is -2.47. The highest BCUT2D eigenvalue weighted by Gasteiger charge is 2.25. The van der Waals surface area contributed by atoms with Crippen molar-refractivity contribution in [2.75, 3.05) is 38.1 Å². The fourth-order valence-electron chi connectivity index (χ4n) is 3.24. The van der Waals surface area contributed by atoms with Gasteiger partial charge in [0.05, 0.1) is 24.9 Å². The first kappa shape index (κ1) is 16.8. The Labute approximate surface area is 143 Å². The van der Waals surface area contributed by atoms with E-state index in [1.807, 2.05) is 37.5 Å². The molecule has 2 heterocycles. The standard InChI is InChI=1S/C18H26N4O2/c1-3-21-14-16(24-18-8-5-4-7-17(18)21)13-20(2)11-15(23)12-22-10-6-9-19-22/h4-10,15-16,23H,3,11-14H2,1-2H3/t15-,16+/m1/s1. The monoisotopic (exact) mass is 330 g/mol. The van der Waals surface area contributed by atoms with E-state index in [0.29, 0.717) is 13.1 Å². The van der Waals surface area contributed by atoms with E-state index in [1.165, 1.54) is 0 Å². The van der Waals surface area contributed by atoms with Gasteiger partial charge in [-0.25, -0.2) is 0 Å². The van der Waals surface area contributed by atoms with Gasteiger partial charge in [-0.05, 0) is 32.2 Å². The fraction of sp³-hybridized carbons (Fsp3) is 0.500. The highest BCUT2D eigenvalue weighted by Crippen LogP contribution is 2.32. The molecule has 0 radical (unpaired) electrons. The molecule has 0 saturated carbocycles. The first-order chi connectivity index (χ1) is 11.7. The second-order valence-electron chi connectivity index (χ2n) is 6.35. The van der Waals surface area contributed by atoms with Crippen LogP contribution in [0.25, 0.3) is 0 Å². The number of likely N-dealkylation sites (N-methyl/N-ethyl adjacent to an activating group) is 2. The van der Waals surface area contributed by atoms with Crippen molar-refractivity contribution in [2.45, 2.75) is 25.7 Å². The maximum Gasteiger partial charge on any atom is 0.143 e. The van der Waals surface area contributed by atoms with Gasteiger partial charge in [0, 0.05) is 32.0 Å². The zero-order valence-electron chi connectivity index (χ0n) is 14.4. The van der Waals surface area contributed by atoms with Crippen molar-refractivity contribution < 1.29 is 9.84 Å². The van der Waals surface area contributed by atoms with E-state index in [-0.39, 0.29) is 6.10 Å². The molecule has 0 fully saturated rings. The van der Waals surface area contributed by atoms with Gasteiger partial charge in [-0.3, -0.25) is 9.58 Å². The minimum Gasteiger partial charge on any atom is -0.485 e. The smallest absolute Gasteiger partial charge is 0.143 e. The molecule has 1 N–H and O–H groups in total. The Kier molecular flexibility index (Phi) is 5.37. The van der Waals surface area contributed by atoms with Crippen LogP contribution in [0.4, 0.5) is 5.69 Å². The summed E-state index contributed by atoms with van der Waals surface area (Å²) in [6.07, 6.45) is 3.24. The molecule has 1 aliphatic heterocycles. The summed E-state index contributed by atoms with van der Waals surface area (Å²) >= 11 is 0. The summed E-state index contributed by atoms with van der Waals surface area (Å²) < 4.78 is 7.89. The molecule has 0 bridgehead atoms. The molecule has 2 aromatic rings. The van der Waals surface area contributed by atoms with Gasteiger partial charge in [0.1, 0.15) is 11.9 Å². The molecule has 6 heteroatoms. The van der Waals surface area contributed by atoms with Crippen molar-refractivity contribution in [3.05, 3.63) is 42.7 Å². The lowest BCUT2D eigenvalue weighted by Gasteiger charge is -2.37. The van der Waals surface area contributed by atoms with Crippen LogP contribution in [0.1, 0.15) is 6.92 Å². The summed E-state index contributed by atoms with van der Waals surface area (Å²) in [5, 5.41) is 14.4. The molecule has 1 aromatic heterocycles. The number of aliphatic hydroxyl groups is 1. The normalized spacial score (nSPS) is 18.3. The van der Waals surface area contributed by atoms with Crippen LogP contribution in [0.3, 0.4) is 0 Å². The molecule has 1 aromatic carbocycles. The third kappa shape index (κ3) is 4.07. The molecule has 1 aliphatic rings. The van der Waals surface area contributed by atoms with E-state index in [4.69, 9.17) is 4.74 Å². The van der Waals surface area contributed by atoms with Crippen LogP contribution in [0, 0.1) is 0 Å². The molecule has 130 valence electrons.